The van der Waals surface area contributed by atoms with Crippen LogP contribution < -0.4 is 11.1 Å². The highest BCUT2D eigenvalue weighted by molar-refractivity contribution is 7.81. The van der Waals surface area contributed by atoms with E-state index in [1.54, 1.807) is 35.3 Å². The number of nitrogens with two attached hydrogens (primary N) is 1. The lowest BCUT2D eigenvalue weighted by molar-refractivity contribution is -0.112. The minimum absolute atomic E-state index is 0.110. The largest absolute Gasteiger partial charge is 0.409 e. The highest BCUT2D eigenvalue weighted by Gasteiger charge is 2.30. The lowest BCUT2D eigenvalue weighted by Gasteiger charge is -2.17. The molecule has 0 aromatic heterocycles. The molecular weight excluding hydrogens is 460 g/mol. The molecule has 0 atom stereocenters. The number of fused-ring (bicyclic) bond motifs is 1. The summed E-state index contributed by atoms with van der Waals surface area (Å²) in [6, 6.07) is 12.9. The molecule has 0 saturated carbocycles. The number of halogens is 1. The third-order valence-electron chi connectivity index (χ3n) is 5.48. The number of nitrogens with one attached hydrogen (secondary N) is 1. The third kappa shape index (κ3) is 4.97. The lowest BCUT2D eigenvalue weighted by atomic mass is 10.0. The van der Waals surface area contributed by atoms with Crippen molar-refractivity contribution in [3.63, 3.8) is 0 Å². The van der Waals surface area contributed by atoms with E-state index < -0.39 is 0 Å². The normalized spacial score (nSPS) is 15.8. The average molecular weight is 481 g/mol. The predicted molar refractivity (Wildman–Crippen MR) is 131 cm³/mol. The number of amides is 2. The van der Waals surface area contributed by atoms with Gasteiger partial charge in [0.2, 0.25) is 0 Å². The van der Waals surface area contributed by atoms with Crippen molar-refractivity contribution in [3.8, 4) is 0 Å². The Kier molecular flexibility index (Phi) is 6.57. The van der Waals surface area contributed by atoms with E-state index in [4.69, 9.17) is 34.8 Å². The van der Waals surface area contributed by atoms with Gasteiger partial charge in [0.25, 0.3) is 11.8 Å². The number of carbonyl (C=O) groups is 2. The second-order valence-electron chi connectivity index (χ2n) is 7.81. The first-order valence-electron chi connectivity index (χ1n) is 10.2. The summed E-state index contributed by atoms with van der Waals surface area (Å²) in [5.41, 5.74) is 9.65. The summed E-state index contributed by atoms with van der Waals surface area (Å²) in [5, 5.41) is 15.2. The van der Waals surface area contributed by atoms with Crippen molar-refractivity contribution in [2.24, 2.45) is 10.9 Å². The predicted octanol–water partition coefficient (Wildman–Crippen LogP) is 3.89. The summed E-state index contributed by atoms with van der Waals surface area (Å²) in [7, 11) is 0. The van der Waals surface area contributed by atoms with Crippen molar-refractivity contribution in [1.82, 2.24) is 4.90 Å². The van der Waals surface area contributed by atoms with Crippen LogP contribution in [0.5, 0.6) is 0 Å². The number of nitrogens with zero attached hydrogens (tertiary/aromatic N) is 2. The van der Waals surface area contributed by atoms with Crippen LogP contribution in [-0.4, -0.2) is 32.6 Å². The van der Waals surface area contributed by atoms with Crippen molar-refractivity contribution < 1.29 is 14.8 Å². The van der Waals surface area contributed by atoms with Gasteiger partial charge in [-0.25, -0.2) is 0 Å². The van der Waals surface area contributed by atoms with E-state index in [0.717, 1.165) is 16.7 Å². The van der Waals surface area contributed by atoms with Gasteiger partial charge in [-0.15, -0.1) is 0 Å². The Morgan fingerprint density at radius 1 is 1.24 bits per heavy atom. The zero-order chi connectivity index (χ0) is 23.5. The second-order valence-corrected chi connectivity index (χ2v) is 8.74. The molecule has 0 unspecified atom stereocenters. The molecule has 2 amide bonds. The fraction of sp³-hybridized carbons (Fsp3) is 0.167. The molecule has 1 aliphatic carbocycles. The quantitative estimate of drug-likeness (QED) is 0.191. The Morgan fingerprint density at radius 3 is 2.79 bits per heavy atom. The summed E-state index contributed by atoms with van der Waals surface area (Å²) in [5.74, 6) is -0.343. The smallest absolute Gasteiger partial charge is 0.256 e. The van der Waals surface area contributed by atoms with E-state index in [1.807, 2.05) is 24.3 Å². The van der Waals surface area contributed by atoms with Crippen LogP contribution in [-0.2, 0) is 24.3 Å². The fourth-order valence-corrected chi connectivity index (χ4v) is 4.32. The maximum absolute atomic E-state index is 13.0. The van der Waals surface area contributed by atoms with Gasteiger partial charge in [0.05, 0.1) is 5.57 Å². The summed E-state index contributed by atoms with van der Waals surface area (Å²) >= 11 is 11.4. The highest BCUT2D eigenvalue weighted by Crippen LogP contribution is 2.31. The molecule has 0 fully saturated rings. The third-order valence-corrected chi connectivity index (χ3v) is 6.13. The molecule has 4 rings (SSSR count). The number of rotatable bonds is 6. The molecule has 2 aromatic rings. The maximum atomic E-state index is 13.0. The van der Waals surface area contributed by atoms with Gasteiger partial charge in [0.15, 0.2) is 0 Å². The molecule has 33 heavy (non-hydrogen) atoms. The van der Waals surface area contributed by atoms with Crippen LogP contribution in [0.3, 0.4) is 0 Å². The Bertz CT molecular complexity index is 1250. The van der Waals surface area contributed by atoms with Gasteiger partial charge in [-0.2, -0.15) is 0 Å². The van der Waals surface area contributed by atoms with Crippen LogP contribution in [0.15, 0.2) is 70.4 Å². The number of carbonyl (C=O) groups excluding carboxylic acids is 2. The monoisotopic (exact) mass is 480 g/mol. The van der Waals surface area contributed by atoms with Crippen LogP contribution in [0.25, 0.3) is 0 Å². The Hall–Kier alpha value is -3.49. The molecule has 1 aliphatic heterocycles. The molecule has 0 radical (unpaired) electrons. The number of hydrogen-bond donors (Lipinski definition) is 3. The molecule has 2 aliphatic rings. The number of thiocarbonyl (C=S) groups is 1. The molecule has 7 nitrogen and oxygen atoms in total. The van der Waals surface area contributed by atoms with E-state index >= 15 is 0 Å². The number of oxime groups is 1. The van der Waals surface area contributed by atoms with Gasteiger partial charge in [-0.05, 0) is 29.3 Å². The van der Waals surface area contributed by atoms with E-state index in [9.17, 15) is 9.59 Å². The van der Waals surface area contributed by atoms with Crippen molar-refractivity contribution in [1.29, 1.82) is 0 Å². The second kappa shape index (κ2) is 9.56. The molecular formula is C24H21ClN4O3S. The summed E-state index contributed by atoms with van der Waals surface area (Å²) in [4.78, 5) is 28.1. The lowest BCUT2D eigenvalue weighted by Crippen LogP contribution is -2.23. The SMILES string of the molecule is NC(Cc1cccc(CN2Cc3c(NC(=O)C4=CC(Cl)=CCC4=S)cccc3C2=O)c1)=NO. The molecule has 0 saturated heterocycles. The van der Waals surface area contributed by atoms with Crippen LogP contribution in [0.4, 0.5) is 5.69 Å². The number of benzene rings is 2. The summed E-state index contributed by atoms with van der Waals surface area (Å²) < 4.78 is 0. The molecule has 168 valence electrons. The molecule has 0 bridgehead atoms. The topological polar surface area (TPSA) is 108 Å². The standard InChI is InChI=1S/C24H21ClN4O3S/c25-16-7-8-21(33)18(11-16)23(30)27-20-6-2-5-17-19(20)13-29(24(17)31)12-15-4-1-3-14(9-15)10-22(26)28-32/h1-7,9,11,32H,8,10,12-13H2,(H2,26,28)(H,27,30). The van der Waals surface area contributed by atoms with E-state index in [0.29, 0.717) is 52.7 Å². The summed E-state index contributed by atoms with van der Waals surface area (Å²) in [6.45, 7) is 0.750. The summed E-state index contributed by atoms with van der Waals surface area (Å²) in [6.07, 6.45) is 4.08. The number of amidine groups is 1. The van der Waals surface area contributed by atoms with Gasteiger partial charge in [0, 0.05) is 52.6 Å². The first-order chi connectivity index (χ1) is 15.9. The maximum Gasteiger partial charge on any atom is 0.256 e. The van der Waals surface area contributed by atoms with Gasteiger partial charge in [0.1, 0.15) is 5.84 Å². The fourth-order valence-electron chi connectivity index (χ4n) is 3.90. The Balaban J connectivity index is 1.52. The molecule has 0 spiro atoms. The van der Waals surface area contributed by atoms with Crippen LogP contribution in [0, 0.1) is 0 Å². The van der Waals surface area contributed by atoms with Gasteiger partial charge >= 0.3 is 0 Å². The van der Waals surface area contributed by atoms with Crippen LogP contribution >= 0.6 is 23.8 Å². The molecule has 1 heterocycles. The minimum Gasteiger partial charge on any atom is -0.409 e. The number of hydrogen-bond acceptors (Lipinski definition) is 5. The van der Waals surface area contributed by atoms with E-state index in [1.165, 1.54) is 0 Å². The first-order valence-corrected chi connectivity index (χ1v) is 11.0. The van der Waals surface area contributed by atoms with Gasteiger partial charge in [-0.1, -0.05) is 65.4 Å². The van der Waals surface area contributed by atoms with Crippen molar-refractivity contribution in [2.75, 3.05) is 5.32 Å². The van der Waals surface area contributed by atoms with Crippen LogP contribution in [0.2, 0.25) is 0 Å². The van der Waals surface area contributed by atoms with Crippen molar-refractivity contribution in [3.05, 3.63) is 87.5 Å². The minimum atomic E-state index is -0.346. The van der Waals surface area contributed by atoms with Gasteiger partial charge in [-0.3, -0.25) is 9.59 Å². The first kappa shape index (κ1) is 22.7. The van der Waals surface area contributed by atoms with Gasteiger partial charge < -0.3 is 21.2 Å². The molecule has 4 N–H and O–H groups in total. The number of anilines is 1. The highest BCUT2D eigenvalue weighted by atomic mass is 35.5. The number of allylic oxidation sites excluding steroid dienone is 3. The van der Waals surface area contributed by atoms with Crippen LogP contribution in [0.1, 0.15) is 33.5 Å². The zero-order valence-corrected chi connectivity index (χ0v) is 19.1. The Labute approximate surface area is 201 Å². The zero-order valence-electron chi connectivity index (χ0n) is 17.5. The molecule has 9 heteroatoms. The van der Waals surface area contributed by atoms with E-state index in [2.05, 4.69) is 10.5 Å². The Morgan fingerprint density at radius 2 is 2.00 bits per heavy atom. The van der Waals surface area contributed by atoms with Crippen molar-refractivity contribution >= 4 is 52.0 Å². The van der Waals surface area contributed by atoms with Crippen molar-refractivity contribution in [2.45, 2.75) is 25.9 Å². The van der Waals surface area contributed by atoms with E-state index in [-0.39, 0.29) is 17.6 Å². The molecule has 2 aromatic carbocycles. The average Bonchev–Trinajstić information content (AvgIpc) is 3.12.